The Morgan fingerprint density at radius 1 is 1.15 bits per heavy atom. The second kappa shape index (κ2) is 11.2. The van der Waals surface area contributed by atoms with Crippen molar-refractivity contribution in [1.82, 2.24) is 14.7 Å². The highest BCUT2D eigenvalue weighted by Gasteiger charge is 2.12. The molecule has 34 heavy (non-hydrogen) atoms. The third-order valence-corrected chi connectivity index (χ3v) is 5.41. The molecule has 1 fully saturated rings. The second-order valence-corrected chi connectivity index (χ2v) is 7.83. The molecule has 0 bridgehead atoms. The van der Waals surface area contributed by atoms with Crippen LogP contribution in [0, 0.1) is 11.3 Å². The SMILES string of the molecule is N#Cc1cccc(-n2ccc(=O)c(Cc3cccc(NC(=O)OCCN4CCOCC4)c3)n2)c1. The molecule has 1 aromatic heterocycles. The van der Waals surface area contributed by atoms with Crippen molar-refractivity contribution in [3.05, 3.63) is 87.8 Å². The number of anilines is 1. The molecule has 0 atom stereocenters. The highest BCUT2D eigenvalue weighted by atomic mass is 16.5. The van der Waals surface area contributed by atoms with Crippen molar-refractivity contribution in [2.45, 2.75) is 6.42 Å². The summed E-state index contributed by atoms with van der Waals surface area (Å²) in [6.45, 7) is 4.04. The fraction of sp³-hybridized carbons (Fsp3) is 0.280. The van der Waals surface area contributed by atoms with Crippen LogP contribution in [-0.2, 0) is 15.9 Å². The maximum atomic E-state index is 12.4. The minimum atomic E-state index is -0.525. The van der Waals surface area contributed by atoms with Crippen LogP contribution in [0.4, 0.5) is 10.5 Å². The fourth-order valence-corrected chi connectivity index (χ4v) is 3.63. The van der Waals surface area contributed by atoms with Crippen LogP contribution in [0.25, 0.3) is 5.69 Å². The molecule has 2 heterocycles. The zero-order valence-electron chi connectivity index (χ0n) is 18.6. The van der Waals surface area contributed by atoms with E-state index in [1.54, 1.807) is 47.3 Å². The first-order valence-corrected chi connectivity index (χ1v) is 11.0. The van der Waals surface area contributed by atoms with Gasteiger partial charge in [0.05, 0.1) is 30.5 Å². The van der Waals surface area contributed by atoms with Crippen molar-refractivity contribution in [2.24, 2.45) is 0 Å². The molecule has 0 saturated carbocycles. The highest BCUT2D eigenvalue weighted by molar-refractivity contribution is 5.84. The molecule has 1 amide bonds. The minimum Gasteiger partial charge on any atom is -0.448 e. The van der Waals surface area contributed by atoms with E-state index in [-0.39, 0.29) is 5.43 Å². The number of nitrogens with one attached hydrogen (secondary N) is 1. The first-order chi connectivity index (χ1) is 16.6. The van der Waals surface area contributed by atoms with Crippen LogP contribution in [0.5, 0.6) is 0 Å². The van der Waals surface area contributed by atoms with Gasteiger partial charge in [0.15, 0.2) is 0 Å². The summed E-state index contributed by atoms with van der Waals surface area (Å²) in [4.78, 5) is 26.8. The van der Waals surface area contributed by atoms with E-state index in [0.29, 0.717) is 55.4 Å². The Labute approximate surface area is 197 Å². The van der Waals surface area contributed by atoms with Crippen LogP contribution in [-0.4, -0.2) is 60.2 Å². The topological polar surface area (TPSA) is 109 Å². The summed E-state index contributed by atoms with van der Waals surface area (Å²) < 4.78 is 12.2. The molecule has 1 aliphatic rings. The number of carbonyl (C=O) groups excluding carboxylic acids is 1. The van der Waals surface area contributed by atoms with Gasteiger partial charge in [0.25, 0.3) is 0 Å². The number of rotatable bonds is 7. The van der Waals surface area contributed by atoms with E-state index in [1.807, 2.05) is 12.1 Å². The molecule has 4 rings (SSSR count). The maximum absolute atomic E-state index is 12.4. The quantitative estimate of drug-likeness (QED) is 0.578. The summed E-state index contributed by atoms with van der Waals surface area (Å²) >= 11 is 0. The Bertz CT molecular complexity index is 1240. The van der Waals surface area contributed by atoms with Crippen LogP contribution in [0.3, 0.4) is 0 Å². The standard InChI is InChI=1S/C25H25N5O4/c26-18-20-4-2-6-22(16-20)30-8-7-24(31)23(28-30)17-19-3-1-5-21(15-19)27-25(32)34-14-11-29-9-12-33-13-10-29/h1-8,15-16H,9-14,17H2,(H,27,32). The highest BCUT2D eigenvalue weighted by Crippen LogP contribution is 2.14. The normalized spacial score (nSPS) is 13.7. The average Bonchev–Trinajstić information content (AvgIpc) is 2.86. The number of amides is 1. The van der Waals surface area contributed by atoms with E-state index < -0.39 is 6.09 Å². The number of ether oxygens (including phenoxy) is 2. The van der Waals surface area contributed by atoms with Gasteiger partial charge in [-0.3, -0.25) is 15.0 Å². The van der Waals surface area contributed by atoms with E-state index in [4.69, 9.17) is 14.7 Å². The Morgan fingerprint density at radius 2 is 1.97 bits per heavy atom. The van der Waals surface area contributed by atoms with Gasteiger partial charge < -0.3 is 9.47 Å². The zero-order valence-corrected chi connectivity index (χ0v) is 18.6. The summed E-state index contributed by atoms with van der Waals surface area (Å²) in [5, 5.41) is 16.3. The van der Waals surface area contributed by atoms with E-state index in [1.165, 1.54) is 6.07 Å². The summed E-state index contributed by atoms with van der Waals surface area (Å²) in [6, 6.07) is 17.8. The Morgan fingerprint density at radius 3 is 2.79 bits per heavy atom. The number of aromatic nitrogens is 2. The third kappa shape index (κ3) is 6.28. The molecule has 2 aromatic carbocycles. The number of carbonyl (C=O) groups is 1. The molecule has 9 nitrogen and oxygen atoms in total. The van der Waals surface area contributed by atoms with Crippen molar-refractivity contribution in [2.75, 3.05) is 44.8 Å². The van der Waals surface area contributed by atoms with Crippen molar-refractivity contribution in [3.63, 3.8) is 0 Å². The summed E-state index contributed by atoms with van der Waals surface area (Å²) in [5.41, 5.74) is 2.76. The van der Waals surface area contributed by atoms with Crippen LogP contribution >= 0.6 is 0 Å². The van der Waals surface area contributed by atoms with Gasteiger partial charge in [-0.2, -0.15) is 10.4 Å². The zero-order chi connectivity index (χ0) is 23.8. The predicted molar refractivity (Wildman–Crippen MR) is 126 cm³/mol. The largest absolute Gasteiger partial charge is 0.448 e. The number of nitrogens with zero attached hydrogens (tertiary/aromatic N) is 4. The summed E-state index contributed by atoms with van der Waals surface area (Å²) in [6.07, 6.45) is 1.34. The molecule has 1 aliphatic heterocycles. The Hall–Kier alpha value is -4.00. The Balaban J connectivity index is 1.38. The molecule has 174 valence electrons. The van der Waals surface area contributed by atoms with E-state index in [2.05, 4.69) is 21.4 Å². The van der Waals surface area contributed by atoms with Crippen LogP contribution in [0.2, 0.25) is 0 Å². The van der Waals surface area contributed by atoms with Gasteiger partial charge in [0.1, 0.15) is 12.3 Å². The summed E-state index contributed by atoms with van der Waals surface area (Å²) in [7, 11) is 0. The monoisotopic (exact) mass is 459 g/mol. The van der Waals surface area contributed by atoms with Crippen molar-refractivity contribution >= 4 is 11.8 Å². The van der Waals surface area contributed by atoms with Gasteiger partial charge >= 0.3 is 6.09 Å². The molecular weight excluding hydrogens is 434 g/mol. The molecule has 9 heteroatoms. The predicted octanol–water partition coefficient (Wildman–Crippen LogP) is 2.58. The van der Waals surface area contributed by atoms with E-state index in [9.17, 15) is 9.59 Å². The Kier molecular flexibility index (Phi) is 7.65. The van der Waals surface area contributed by atoms with Crippen molar-refractivity contribution < 1.29 is 14.3 Å². The first kappa shape index (κ1) is 23.2. The van der Waals surface area contributed by atoms with Crippen LogP contribution in [0.15, 0.2) is 65.6 Å². The molecule has 3 aromatic rings. The molecular formula is C25H25N5O4. The van der Waals surface area contributed by atoms with Crippen molar-refractivity contribution in [3.8, 4) is 11.8 Å². The first-order valence-electron chi connectivity index (χ1n) is 11.0. The lowest BCUT2D eigenvalue weighted by Crippen LogP contribution is -2.38. The van der Waals surface area contributed by atoms with Gasteiger partial charge in [-0.25, -0.2) is 9.48 Å². The maximum Gasteiger partial charge on any atom is 0.411 e. The molecule has 0 radical (unpaired) electrons. The number of hydrogen-bond acceptors (Lipinski definition) is 7. The van der Waals surface area contributed by atoms with E-state index >= 15 is 0 Å². The molecule has 0 unspecified atom stereocenters. The van der Waals surface area contributed by atoms with Gasteiger partial charge in [-0.15, -0.1) is 0 Å². The number of nitriles is 1. The lowest BCUT2D eigenvalue weighted by atomic mass is 10.1. The average molecular weight is 460 g/mol. The summed E-state index contributed by atoms with van der Waals surface area (Å²) in [5.74, 6) is 0. The second-order valence-electron chi connectivity index (χ2n) is 7.83. The molecule has 0 spiro atoms. The van der Waals surface area contributed by atoms with Crippen LogP contribution < -0.4 is 10.7 Å². The number of benzene rings is 2. The van der Waals surface area contributed by atoms with Gasteiger partial charge in [-0.05, 0) is 35.9 Å². The number of hydrogen-bond donors (Lipinski definition) is 1. The van der Waals surface area contributed by atoms with Crippen LogP contribution in [0.1, 0.15) is 16.8 Å². The minimum absolute atomic E-state index is 0.187. The molecule has 0 aliphatic carbocycles. The lowest BCUT2D eigenvalue weighted by Gasteiger charge is -2.26. The van der Waals surface area contributed by atoms with Crippen molar-refractivity contribution in [1.29, 1.82) is 5.26 Å². The lowest BCUT2D eigenvalue weighted by molar-refractivity contribution is 0.0290. The third-order valence-electron chi connectivity index (χ3n) is 5.41. The number of morpholine rings is 1. The van der Waals surface area contributed by atoms with E-state index in [0.717, 1.165) is 18.7 Å². The fourth-order valence-electron chi connectivity index (χ4n) is 3.63. The molecule has 1 saturated heterocycles. The van der Waals surface area contributed by atoms with Gasteiger partial charge in [-0.1, -0.05) is 18.2 Å². The van der Waals surface area contributed by atoms with Gasteiger partial charge in [0.2, 0.25) is 5.43 Å². The molecule has 1 N–H and O–H groups in total. The smallest absolute Gasteiger partial charge is 0.411 e. The van der Waals surface area contributed by atoms with Gasteiger partial charge in [0, 0.05) is 44.0 Å².